The van der Waals surface area contributed by atoms with Gasteiger partial charge in [-0.05, 0) is 59.5 Å². The smallest absolute Gasteiger partial charge is 0.338 e. The minimum Gasteiger partial charge on any atom is -0.452 e. The maximum Gasteiger partial charge on any atom is 0.338 e. The highest BCUT2D eigenvalue weighted by Gasteiger charge is 2.19. The molecule has 0 aliphatic heterocycles. The summed E-state index contributed by atoms with van der Waals surface area (Å²) in [5.74, 6) is -1.45. The van der Waals surface area contributed by atoms with Crippen LogP contribution in [-0.2, 0) is 9.53 Å². The van der Waals surface area contributed by atoms with Crippen LogP contribution >= 0.6 is 22.9 Å². The molecule has 0 saturated carbocycles. The Bertz CT molecular complexity index is 1230. The van der Waals surface area contributed by atoms with E-state index in [0.717, 1.165) is 15.8 Å². The van der Waals surface area contributed by atoms with Crippen LogP contribution < -0.4 is 5.32 Å². The number of hydrogen-bond acceptors (Lipinski definition) is 5. The number of nitrogens with zero attached hydrogens (tertiary/aromatic N) is 1. The number of rotatable bonds is 6. The molecule has 4 aromatic rings. The second kappa shape index (κ2) is 9.24. The fraction of sp³-hybridized carbons (Fsp3) is 0.0870. The summed E-state index contributed by atoms with van der Waals surface area (Å²) in [5, 5.41) is 5.83. The van der Waals surface area contributed by atoms with E-state index in [1.54, 1.807) is 42.5 Å². The lowest BCUT2D eigenvalue weighted by Gasteiger charge is -2.18. The maximum absolute atomic E-state index is 13.3. The number of benzene rings is 2. The van der Waals surface area contributed by atoms with Crippen LogP contribution in [0.5, 0.6) is 0 Å². The third-order valence-corrected chi connectivity index (χ3v) is 5.71. The number of amides is 1. The number of esters is 1. The molecule has 0 fully saturated rings. The molecule has 8 heteroatoms. The van der Waals surface area contributed by atoms with Crippen molar-refractivity contribution in [1.29, 1.82) is 0 Å². The number of aromatic nitrogens is 1. The molecule has 31 heavy (non-hydrogen) atoms. The highest BCUT2D eigenvalue weighted by Crippen LogP contribution is 2.26. The van der Waals surface area contributed by atoms with Gasteiger partial charge in [0.15, 0.2) is 6.61 Å². The van der Waals surface area contributed by atoms with Gasteiger partial charge in [-0.3, -0.25) is 4.79 Å². The predicted octanol–water partition coefficient (Wildman–Crippen LogP) is 5.15. The second-order valence-electron chi connectivity index (χ2n) is 6.69. The van der Waals surface area contributed by atoms with Crippen molar-refractivity contribution in [2.24, 2.45) is 0 Å². The molecule has 0 spiro atoms. The molecule has 0 aliphatic rings. The topological polar surface area (TPSA) is 68.3 Å². The van der Waals surface area contributed by atoms with Crippen molar-refractivity contribution in [3.8, 4) is 0 Å². The summed E-state index contributed by atoms with van der Waals surface area (Å²) < 4.78 is 18.5. The Balaban J connectivity index is 1.43. The molecule has 2 aromatic carbocycles. The molecule has 5 nitrogen and oxygen atoms in total. The van der Waals surface area contributed by atoms with Gasteiger partial charge in [-0.25, -0.2) is 14.2 Å². The van der Waals surface area contributed by atoms with Gasteiger partial charge < -0.3 is 10.1 Å². The molecule has 2 aromatic heterocycles. The predicted molar refractivity (Wildman–Crippen MR) is 118 cm³/mol. The van der Waals surface area contributed by atoms with E-state index in [1.807, 2.05) is 17.5 Å². The van der Waals surface area contributed by atoms with Gasteiger partial charge in [-0.2, -0.15) is 0 Å². The molecule has 0 radical (unpaired) electrons. The summed E-state index contributed by atoms with van der Waals surface area (Å²) >= 11 is 7.33. The normalized spacial score (nSPS) is 11.8. The number of hydrogen-bond donors (Lipinski definition) is 1. The Kier molecular flexibility index (Phi) is 6.25. The highest BCUT2D eigenvalue weighted by molar-refractivity contribution is 7.10. The van der Waals surface area contributed by atoms with Gasteiger partial charge in [0.2, 0.25) is 0 Å². The molecule has 156 valence electrons. The van der Waals surface area contributed by atoms with Crippen molar-refractivity contribution < 1.29 is 18.7 Å². The van der Waals surface area contributed by atoms with Crippen molar-refractivity contribution in [3.05, 3.63) is 99.1 Å². The Morgan fingerprint density at radius 1 is 1.10 bits per heavy atom. The quantitative estimate of drug-likeness (QED) is 0.323. The van der Waals surface area contributed by atoms with Crippen LogP contribution in [0.25, 0.3) is 10.9 Å². The Hall–Kier alpha value is -3.29. The summed E-state index contributed by atoms with van der Waals surface area (Å²) in [5.41, 5.74) is 1.68. The number of thiophene rings is 1. The van der Waals surface area contributed by atoms with E-state index in [-0.39, 0.29) is 5.82 Å². The Labute approximate surface area is 186 Å². The first-order valence-electron chi connectivity index (χ1n) is 9.31. The molecule has 1 amide bonds. The van der Waals surface area contributed by atoms with E-state index in [1.165, 1.54) is 23.5 Å². The van der Waals surface area contributed by atoms with Crippen molar-refractivity contribution in [2.45, 2.75) is 6.04 Å². The number of halogens is 2. The Morgan fingerprint density at radius 3 is 2.65 bits per heavy atom. The fourth-order valence-electron chi connectivity index (χ4n) is 3.07. The fourth-order valence-corrected chi connectivity index (χ4v) is 4.03. The molecular formula is C23H16ClFN2O3S. The van der Waals surface area contributed by atoms with Crippen LogP contribution in [0.3, 0.4) is 0 Å². The minimum atomic E-state index is -0.624. The van der Waals surface area contributed by atoms with E-state index < -0.39 is 24.5 Å². The van der Waals surface area contributed by atoms with E-state index in [0.29, 0.717) is 16.2 Å². The van der Waals surface area contributed by atoms with E-state index >= 15 is 0 Å². The first kappa shape index (κ1) is 21.0. The van der Waals surface area contributed by atoms with Crippen LogP contribution in [0.2, 0.25) is 5.15 Å². The van der Waals surface area contributed by atoms with Gasteiger partial charge in [0.1, 0.15) is 11.0 Å². The third-order valence-electron chi connectivity index (χ3n) is 4.56. The number of pyridine rings is 1. The van der Waals surface area contributed by atoms with Crippen molar-refractivity contribution >= 4 is 45.7 Å². The van der Waals surface area contributed by atoms with E-state index in [2.05, 4.69) is 10.3 Å². The van der Waals surface area contributed by atoms with Gasteiger partial charge >= 0.3 is 5.97 Å². The number of ether oxygens (including phenoxy) is 1. The van der Waals surface area contributed by atoms with Gasteiger partial charge in [0.05, 0.1) is 17.1 Å². The molecule has 1 N–H and O–H groups in total. The average molecular weight is 455 g/mol. The zero-order valence-corrected chi connectivity index (χ0v) is 17.6. The summed E-state index contributed by atoms with van der Waals surface area (Å²) in [6.07, 6.45) is 0. The standard InChI is InChI=1S/C23H16ClFN2O3S/c24-20-10-6-15-12-16(5-9-18(15)26-20)23(29)30-13-21(28)27-22(19-2-1-11-31-19)14-3-7-17(25)8-4-14/h1-12,22H,13H2,(H,27,28). The number of carbonyl (C=O) groups is 2. The third kappa shape index (κ3) is 5.07. The van der Waals surface area contributed by atoms with Crippen molar-refractivity contribution in [3.63, 3.8) is 0 Å². The van der Waals surface area contributed by atoms with Gasteiger partial charge in [-0.1, -0.05) is 29.8 Å². The molecule has 0 aliphatic carbocycles. The summed E-state index contributed by atoms with van der Waals surface area (Å²) in [4.78, 5) is 29.9. The summed E-state index contributed by atoms with van der Waals surface area (Å²) in [6, 6.07) is 17.4. The van der Waals surface area contributed by atoms with Crippen LogP contribution in [0.15, 0.2) is 72.1 Å². The molecule has 1 unspecified atom stereocenters. The monoisotopic (exact) mass is 454 g/mol. The Morgan fingerprint density at radius 2 is 1.90 bits per heavy atom. The summed E-state index contributed by atoms with van der Waals surface area (Å²) in [6.45, 7) is -0.446. The minimum absolute atomic E-state index is 0.303. The lowest BCUT2D eigenvalue weighted by Crippen LogP contribution is -2.32. The second-order valence-corrected chi connectivity index (χ2v) is 8.05. The largest absolute Gasteiger partial charge is 0.452 e. The van der Waals surface area contributed by atoms with E-state index in [4.69, 9.17) is 16.3 Å². The lowest BCUT2D eigenvalue weighted by molar-refractivity contribution is -0.124. The summed E-state index contributed by atoms with van der Waals surface area (Å²) in [7, 11) is 0. The van der Waals surface area contributed by atoms with Crippen molar-refractivity contribution in [1.82, 2.24) is 10.3 Å². The van der Waals surface area contributed by atoms with Gasteiger partial charge in [0, 0.05) is 10.3 Å². The van der Waals surface area contributed by atoms with Crippen LogP contribution in [0.4, 0.5) is 4.39 Å². The first-order valence-corrected chi connectivity index (χ1v) is 10.6. The zero-order chi connectivity index (χ0) is 21.8. The van der Waals surface area contributed by atoms with Gasteiger partial charge in [0.25, 0.3) is 5.91 Å². The highest BCUT2D eigenvalue weighted by atomic mass is 35.5. The van der Waals surface area contributed by atoms with Crippen LogP contribution in [0.1, 0.15) is 26.8 Å². The van der Waals surface area contributed by atoms with Crippen LogP contribution in [0, 0.1) is 5.82 Å². The number of fused-ring (bicyclic) bond motifs is 1. The van der Waals surface area contributed by atoms with Crippen LogP contribution in [-0.4, -0.2) is 23.5 Å². The van der Waals surface area contributed by atoms with E-state index in [9.17, 15) is 14.0 Å². The molecule has 0 bridgehead atoms. The van der Waals surface area contributed by atoms with Crippen molar-refractivity contribution in [2.75, 3.05) is 6.61 Å². The molecular weight excluding hydrogens is 439 g/mol. The molecule has 2 heterocycles. The number of nitrogens with one attached hydrogen (secondary N) is 1. The zero-order valence-electron chi connectivity index (χ0n) is 16.0. The lowest BCUT2D eigenvalue weighted by atomic mass is 10.1. The number of carbonyl (C=O) groups excluding carboxylic acids is 2. The van der Waals surface area contributed by atoms with Gasteiger partial charge in [-0.15, -0.1) is 11.3 Å². The first-order chi connectivity index (χ1) is 15.0. The SMILES string of the molecule is O=C(COC(=O)c1ccc2nc(Cl)ccc2c1)NC(c1ccc(F)cc1)c1cccs1. The molecule has 0 saturated heterocycles. The molecule has 4 rings (SSSR count). The molecule has 1 atom stereocenters. The average Bonchev–Trinajstić information content (AvgIpc) is 3.31. The maximum atomic E-state index is 13.3.